The zero-order valence-corrected chi connectivity index (χ0v) is 13.4. The number of amides is 1. The Morgan fingerprint density at radius 2 is 2.12 bits per heavy atom. The van der Waals surface area contributed by atoms with Gasteiger partial charge in [-0.3, -0.25) is 14.2 Å². The average Bonchev–Trinajstić information content (AvgIpc) is 2.58. The number of hydrogen-bond acceptors (Lipinski definition) is 4. The van der Waals surface area contributed by atoms with E-state index < -0.39 is 12.0 Å². The fourth-order valence-electron chi connectivity index (χ4n) is 3.17. The summed E-state index contributed by atoms with van der Waals surface area (Å²) >= 11 is 0. The molecule has 1 amide bonds. The predicted molar refractivity (Wildman–Crippen MR) is 87.7 cm³/mol. The van der Waals surface area contributed by atoms with Gasteiger partial charge in [0.2, 0.25) is 5.91 Å². The first-order valence-electron chi connectivity index (χ1n) is 7.96. The van der Waals surface area contributed by atoms with Gasteiger partial charge in [0.15, 0.2) is 0 Å². The number of carboxylic acids is 1. The Morgan fingerprint density at radius 1 is 1.33 bits per heavy atom. The minimum absolute atomic E-state index is 0.195. The zero-order chi connectivity index (χ0) is 17.3. The third kappa shape index (κ3) is 2.89. The van der Waals surface area contributed by atoms with Gasteiger partial charge in [0.1, 0.15) is 12.6 Å². The van der Waals surface area contributed by atoms with Crippen LogP contribution < -0.4 is 5.56 Å². The van der Waals surface area contributed by atoms with Crippen molar-refractivity contribution >= 4 is 22.8 Å². The third-order valence-electron chi connectivity index (χ3n) is 4.47. The van der Waals surface area contributed by atoms with Gasteiger partial charge >= 0.3 is 5.97 Å². The van der Waals surface area contributed by atoms with E-state index in [0.29, 0.717) is 23.9 Å². The van der Waals surface area contributed by atoms with E-state index in [4.69, 9.17) is 0 Å². The molecule has 2 aromatic rings. The summed E-state index contributed by atoms with van der Waals surface area (Å²) < 4.78 is 1.25. The maximum Gasteiger partial charge on any atom is 0.326 e. The minimum atomic E-state index is -0.998. The number of carboxylic acid groups (broad SMARTS) is 1. The second kappa shape index (κ2) is 6.43. The molecule has 0 radical (unpaired) electrons. The number of hydrogen-bond donors (Lipinski definition) is 1. The van der Waals surface area contributed by atoms with Crippen LogP contribution in [0.4, 0.5) is 0 Å². The molecule has 1 N–H and O–H groups in total. The molecule has 1 aliphatic heterocycles. The molecule has 7 heteroatoms. The van der Waals surface area contributed by atoms with Crippen LogP contribution in [0.5, 0.6) is 0 Å². The summed E-state index contributed by atoms with van der Waals surface area (Å²) in [6.45, 7) is 2.08. The number of aryl methyl sites for hydroxylation is 1. The van der Waals surface area contributed by atoms with Crippen LogP contribution in [0.25, 0.3) is 10.9 Å². The second-order valence-corrected chi connectivity index (χ2v) is 6.09. The van der Waals surface area contributed by atoms with Crippen LogP contribution in [-0.4, -0.2) is 44.0 Å². The van der Waals surface area contributed by atoms with E-state index in [9.17, 15) is 19.5 Å². The first-order chi connectivity index (χ1) is 11.5. The van der Waals surface area contributed by atoms with Crippen molar-refractivity contribution in [1.29, 1.82) is 0 Å². The van der Waals surface area contributed by atoms with Gasteiger partial charge in [0.25, 0.3) is 5.56 Å². The van der Waals surface area contributed by atoms with E-state index in [1.54, 1.807) is 12.1 Å². The normalized spacial score (nSPS) is 17.9. The third-order valence-corrected chi connectivity index (χ3v) is 4.47. The molecule has 24 heavy (non-hydrogen) atoms. The number of rotatable bonds is 3. The van der Waals surface area contributed by atoms with Crippen molar-refractivity contribution in [2.45, 2.75) is 38.8 Å². The molecule has 1 atom stereocenters. The van der Waals surface area contributed by atoms with E-state index in [1.165, 1.54) is 15.8 Å². The Kier molecular flexibility index (Phi) is 4.33. The topological polar surface area (TPSA) is 92.5 Å². The first-order valence-corrected chi connectivity index (χ1v) is 7.96. The lowest BCUT2D eigenvalue weighted by atomic mass is 10.0. The lowest BCUT2D eigenvalue weighted by Crippen LogP contribution is -2.49. The van der Waals surface area contributed by atoms with Crippen molar-refractivity contribution < 1.29 is 14.7 Å². The summed E-state index contributed by atoms with van der Waals surface area (Å²) in [6.07, 6.45) is 3.37. The largest absolute Gasteiger partial charge is 0.480 e. The Bertz CT molecular complexity index is 859. The van der Waals surface area contributed by atoms with Crippen molar-refractivity contribution in [1.82, 2.24) is 14.5 Å². The van der Waals surface area contributed by atoms with Gasteiger partial charge in [-0.25, -0.2) is 9.78 Å². The molecule has 3 rings (SSSR count). The number of benzene rings is 1. The molecular formula is C17H19N3O4. The van der Waals surface area contributed by atoms with Crippen LogP contribution in [0, 0.1) is 6.92 Å². The van der Waals surface area contributed by atoms with Crippen LogP contribution in [-0.2, 0) is 16.1 Å². The summed E-state index contributed by atoms with van der Waals surface area (Å²) in [7, 11) is 0. The van der Waals surface area contributed by atoms with Gasteiger partial charge in [-0.15, -0.1) is 0 Å². The summed E-state index contributed by atoms with van der Waals surface area (Å²) in [6, 6.07) is 4.52. The van der Waals surface area contributed by atoms with Crippen LogP contribution >= 0.6 is 0 Å². The van der Waals surface area contributed by atoms with Gasteiger partial charge < -0.3 is 10.0 Å². The van der Waals surface area contributed by atoms with Gasteiger partial charge in [-0.05, 0) is 37.8 Å². The number of aromatic nitrogens is 2. The zero-order valence-electron chi connectivity index (χ0n) is 13.4. The van der Waals surface area contributed by atoms with Crippen LogP contribution in [0.15, 0.2) is 29.3 Å². The average molecular weight is 329 g/mol. The molecular weight excluding hydrogens is 310 g/mol. The molecule has 7 nitrogen and oxygen atoms in total. The summed E-state index contributed by atoms with van der Waals surface area (Å²) in [5.74, 6) is -1.36. The smallest absolute Gasteiger partial charge is 0.326 e. The molecule has 1 aromatic carbocycles. The molecule has 1 fully saturated rings. The molecule has 1 unspecified atom stereocenters. The SMILES string of the molecule is Cc1cccc2c(=O)n(CC(=O)N3CCCCC3C(=O)O)cnc12. The van der Waals surface area contributed by atoms with E-state index >= 15 is 0 Å². The van der Waals surface area contributed by atoms with Crippen molar-refractivity contribution in [2.24, 2.45) is 0 Å². The minimum Gasteiger partial charge on any atom is -0.480 e. The van der Waals surface area contributed by atoms with Gasteiger partial charge in [0, 0.05) is 6.54 Å². The predicted octanol–water partition coefficient (Wildman–Crippen LogP) is 1.17. The lowest BCUT2D eigenvalue weighted by Gasteiger charge is -2.33. The van der Waals surface area contributed by atoms with E-state index in [0.717, 1.165) is 18.4 Å². The Labute approximate surface area is 138 Å². The molecule has 1 saturated heterocycles. The van der Waals surface area contributed by atoms with Gasteiger partial charge in [-0.2, -0.15) is 0 Å². The summed E-state index contributed by atoms with van der Waals surface area (Å²) in [4.78, 5) is 42.0. The number of likely N-dealkylation sites (tertiary alicyclic amines) is 1. The number of carbonyl (C=O) groups is 2. The summed E-state index contributed by atoms with van der Waals surface area (Å²) in [5, 5.41) is 9.73. The molecule has 0 saturated carbocycles. The quantitative estimate of drug-likeness (QED) is 0.912. The first kappa shape index (κ1) is 16.2. The number of para-hydroxylation sites is 1. The molecule has 1 aliphatic rings. The van der Waals surface area contributed by atoms with Crippen LogP contribution in [0.3, 0.4) is 0 Å². The monoisotopic (exact) mass is 329 g/mol. The number of carbonyl (C=O) groups excluding carboxylic acids is 1. The highest BCUT2D eigenvalue weighted by molar-refractivity contribution is 5.84. The number of nitrogens with zero attached hydrogens (tertiary/aromatic N) is 3. The molecule has 1 aromatic heterocycles. The Hall–Kier alpha value is -2.70. The van der Waals surface area contributed by atoms with Gasteiger partial charge in [0.05, 0.1) is 17.2 Å². The van der Waals surface area contributed by atoms with E-state index in [2.05, 4.69) is 4.98 Å². The molecule has 0 spiro atoms. The fourth-order valence-corrected chi connectivity index (χ4v) is 3.17. The Morgan fingerprint density at radius 3 is 2.88 bits per heavy atom. The van der Waals surface area contributed by atoms with Crippen molar-refractivity contribution in [3.8, 4) is 0 Å². The van der Waals surface area contributed by atoms with Gasteiger partial charge in [-0.1, -0.05) is 12.1 Å². The van der Waals surface area contributed by atoms with Crippen LogP contribution in [0.2, 0.25) is 0 Å². The van der Waals surface area contributed by atoms with Crippen LogP contribution in [0.1, 0.15) is 24.8 Å². The molecule has 0 aliphatic carbocycles. The van der Waals surface area contributed by atoms with E-state index in [1.807, 2.05) is 13.0 Å². The lowest BCUT2D eigenvalue weighted by molar-refractivity contribution is -0.152. The maximum absolute atomic E-state index is 12.6. The van der Waals surface area contributed by atoms with Crippen molar-refractivity contribution in [3.05, 3.63) is 40.4 Å². The standard InChI is InChI=1S/C17H19N3O4/c1-11-5-4-6-12-15(11)18-10-19(16(12)22)9-14(21)20-8-3-2-7-13(20)17(23)24/h4-6,10,13H,2-3,7-9H2,1H3,(H,23,24). The fraction of sp³-hybridized carbons (Fsp3) is 0.412. The maximum atomic E-state index is 12.6. The Balaban J connectivity index is 1.89. The summed E-state index contributed by atoms with van der Waals surface area (Å²) in [5.41, 5.74) is 1.22. The number of fused-ring (bicyclic) bond motifs is 1. The highest BCUT2D eigenvalue weighted by atomic mass is 16.4. The molecule has 126 valence electrons. The second-order valence-electron chi connectivity index (χ2n) is 6.09. The van der Waals surface area contributed by atoms with E-state index in [-0.39, 0.29) is 18.0 Å². The highest BCUT2D eigenvalue weighted by Crippen LogP contribution is 2.18. The number of piperidine rings is 1. The highest BCUT2D eigenvalue weighted by Gasteiger charge is 2.31. The molecule has 2 heterocycles. The van der Waals surface area contributed by atoms with Crippen molar-refractivity contribution in [3.63, 3.8) is 0 Å². The number of aliphatic carboxylic acids is 1. The van der Waals surface area contributed by atoms with Crippen molar-refractivity contribution in [2.75, 3.05) is 6.54 Å². The molecule has 0 bridgehead atoms.